The molecule has 0 aliphatic carbocycles. The van der Waals surface area contributed by atoms with Crippen molar-refractivity contribution in [2.75, 3.05) is 19.8 Å². The maximum Gasteiger partial charge on any atom is 0.234 e. The van der Waals surface area contributed by atoms with Gasteiger partial charge in [-0.05, 0) is 32.6 Å². The van der Waals surface area contributed by atoms with Gasteiger partial charge in [-0.15, -0.1) is 0 Å². The fraction of sp³-hybridized carbons (Fsp3) is 0.917. The maximum atomic E-state index is 11.5. The van der Waals surface area contributed by atoms with Crippen molar-refractivity contribution in [3.8, 4) is 0 Å². The number of amides is 1. The van der Waals surface area contributed by atoms with Crippen molar-refractivity contribution in [2.45, 2.75) is 45.7 Å². The van der Waals surface area contributed by atoms with E-state index in [0.29, 0.717) is 18.5 Å². The molecule has 94 valence electrons. The average molecular weight is 228 g/mol. The molecule has 0 radical (unpaired) electrons. The minimum Gasteiger partial charge on any atom is -0.381 e. The molecular weight excluding hydrogens is 204 g/mol. The van der Waals surface area contributed by atoms with Crippen LogP contribution in [0.4, 0.5) is 0 Å². The summed E-state index contributed by atoms with van der Waals surface area (Å²) in [5, 5.41) is 6.20. The Labute approximate surface area is 98.1 Å². The van der Waals surface area contributed by atoms with E-state index in [0.717, 1.165) is 26.1 Å². The molecule has 2 atom stereocenters. The second kappa shape index (κ2) is 6.86. The molecule has 0 spiro atoms. The standard InChI is InChI=1S/C12H24N2O2/c1-4-11(10-5-6-16-8-10)13-7-12(15)14-9(2)3/h9-11,13H,4-8H2,1-3H3,(H,14,15). The summed E-state index contributed by atoms with van der Waals surface area (Å²) in [5.41, 5.74) is 0. The van der Waals surface area contributed by atoms with Crippen molar-refractivity contribution in [3.63, 3.8) is 0 Å². The summed E-state index contributed by atoms with van der Waals surface area (Å²) >= 11 is 0. The third-order valence-corrected chi connectivity index (χ3v) is 2.95. The molecule has 1 fully saturated rings. The first-order valence-electron chi connectivity index (χ1n) is 6.24. The van der Waals surface area contributed by atoms with Gasteiger partial charge < -0.3 is 15.4 Å². The molecule has 0 saturated carbocycles. The number of ether oxygens (including phenoxy) is 1. The van der Waals surface area contributed by atoms with Gasteiger partial charge in [0.05, 0.1) is 13.2 Å². The molecule has 4 heteroatoms. The minimum absolute atomic E-state index is 0.0763. The quantitative estimate of drug-likeness (QED) is 0.710. The van der Waals surface area contributed by atoms with Gasteiger partial charge in [0.15, 0.2) is 0 Å². The summed E-state index contributed by atoms with van der Waals surface area (Å²) in [7, 11) is 0. The Balaban J connectivity index is 2.25. The average Bonchev–Trinajstić information content (AvgIpc) is 2.71. The molecule has 2 unspecified atom stereocenters. The number of hydrogen-bond donors (Lipinski definition) is 2. The molecule has 2 N–H and O–H groups in total. The molecule has 1 aliphatic heterocycles. The summed E-state index contributed by atoms with van der Waals surface area (Å²) in [6, 6.07) is 0.615. The third kappa shape index (κ3) is 4.49. The van der Waals surface area contributed by atoms with Crippen molar-refractivity contribution in [1.82, 2.24) is 10.6 Å². The second-order valence-electron chi connectivity index (χ2n) is 4.74. The first-order chi connectivity index (χ1) is 7.63. The van der Waals surface area contributed by atoms with Crippen LogP contribution in [0.25, 0.3) is 0 Å². The van der Waals surface area contributed by atoms with Crippen LogP contribution < -0.4 is 10.6 Å². The zero-order valence-electron chi connectivity index (χ0n) is 10.6. The Morgan fingerprint density at radius 1 is 1.50 bits per heavy atom. The van der Waals surface area contributed by atoms with Gasteiger partial charge in [0, 0.05) is 18.7 Å². The zero-order chi connectivity index (χ0) is 12.0. The molecule has 1 aliphatic rings. The van der Waals surface area contributed by atoms with Gasteiger partial charge in [-0.1, -0.05) is 6.92 Å². The lowest BCUT2D eigenvalue weighted by Crippen LogP contribution is -2.44. The summed E-state index contributed by atoms with van der Waals surface area (Å²) in [6.45, 7) is 8.20. The first kappa shape index (κ1) is 13.5. The molecule has 16 heavy (non-hydrogen) atoms. The molecule has 0 aromatic heterocycles. The van der Waals surface area contributed by atoms with E-state index in [1.165, 1.54) is 0 Å². The smallest absolute Gasteiger partial charge is 0.234 e. The summed E-state index contributed by atoms with van der Waals surface area (Å²) in [6.07, 6.45) is 2.15. The largest absolute Gasteiger partial charge is 0.381 e. The van der Waals surface area contributed by atoms with E-state index in [4.69, 9.17) is 4.74 Å². The molecule has 0 aromatic carbocycles. The summed E-state index contributed by atoms with van der Waals surface area (Å²) in [4.78, 5) is 11.5. The van der Waals surface area contributed by atoms with Crippen LogP contribution in [0.15, 0.2) is 0 Å². The topological polar surface area (TPSA) is 50.4 Å². The van der Waals surface area contributed by atoms with E-state index in [1.807, 2.05) is 13.8 Å². The Morgan fingerprint density at radius 2 is 2.25 bits per heavy atom. The van der Waals surface area contributed by atoms with Crippen molar-refractivity contribution in [1.29, 1.82) is 0 Å². The maximum absolute atomic E-state index is 11.5. The molecular formula is C12H24N2O2. The van der Waals surface area contributed by atoms with Crippen LogP contribution in [-0.2, 0) is 9.53 Å². The monoisotopic (exact) mass is 228 g/mol. The van der Waals surface area contributed by atoms with Crippen molar-refractivity contribution >= 4 is 5.91 Å². The third-order valence-electron chi connectivity index (χ3n) is 2.95. The van der Waals surface area contributed by atoms with E-state index < -0.39 is 0 Å². The zero-order valence-corrected chi connectivity index (χ0v) is 10.6. The molecule has 1 heterocycles. The highest BCUT2D eigenvalue weighted by Gasteiger charge is 2.24. The van der Waals surface area contributed by atoms with Crippen LogP contribution in [0.5, 0.6) is 0 Å². The fourth-order valence-corrected chi connectivity index (χ4v) is 2.11. The molecule has 1 saturated heterocycles. The van der Waals surface area contributed by atoms with E-state index in [2.05, 4.69) is 17.6 Å². The predicted molar refractivity (Wildman–Crippen MR) is 64.3 cm³/mol. The van der Waals surface area contributed by atoms with Crippen LogP contribution in [0, 0.1) is 5.92 Å². The van der Waals surface area contributed by atoms with Gasteiger partial charge in [0.2, 0.25) is 5.91 Å². The molecule has 1 amide bonds. The van der Waals surface area contributed by atoms with Crippen LogP contribution in [0.1, 0.15) is 33.6 Å². The van der Waals surface area contributed by atoms with E-state index in [9.17, 15) is 4.79 Å². The van der Waals surface area contributed by atoms with Gasteiger partial charge in [-0.2, -0.15) is 0 Å². The van der Waals surface area contributed by atoms with Gasteiger partial charge in [0.1, 0.15) is 0 Å². The van der Waals surface area contributed by atoms with Crippen LogP contribution in [0.2, 0.25) is 0 Å². The van der Waals surface area contributed by atoms with E-state index in [1.54, 1.807) is 0 Å². The van der Waals surface area contributed by atoms with Gasteiger partial charge in [-0.25, -0.2) is 0 Å². The Bertz CT molecular complexity index is 213. The van der Waals surface area contributed by atoms with Crippen molar-refractivity contribution in [2.24, 2.45) is 5.92 Å². The lowest BCUT2D eigenvalue weighted by molar-refractivity contribution is -0.120. The number of carbonyl (C=O) groups excluding carboxylic acids is 1. The second-order valence-corrected chi connectivity index (χ2v) is 4.74. The number of rotatable bonds is 6. The van der Waals surface area contributed by atoms with Crippen LogP contribution in [-0.4, -0.2) is 37.7 Å². The highest BCUT2D eigenvalue weighted by molar-refractivity contribution is 5.78. The lowest BCUT2D eigenvalue weighted by atomic mass is 9.97. The SMILES string of the molecule is CCC(NCC(=O)NC(C)C)C1CCOC1. The van der Waals surface area contributed by atoms with Gasteiger partial charge in [-0.3, -0.25) is 4.79 Å². The molecule has 4 nitrogen and oxygen atoms in total. The number of carbonyl (C=O) groups is 1. The summed E-state index contributed by atoms with van der Waals surface area (Å²) in [5.74, 6) is 0.643. The van der Waals surface area contributed by atoms with Gasteiger partial charge >= 0.3 is 0 Å². The predicted octanol–water partition coefficient (Wildman–Crippen LogP) is 0.916. The van der Waals surface area contributed by atoms with Crippen LogP contribution >= 0.6 is 0 Å². The summed E-state index contributed by atoms with van der Waals surface area (Å²) < 4.78 is 5.37. The molecule has 1 rings (SSSR count). The lowest BCUT2D eigenvalue weighted by Gasteiger charge is -2.22. The van der Waals surface area contributed by atoms with Crippen LogP contribution in [0.3, 0.4) is 0 Å². The van der Waals surface area contributed by atoms with Gasteiger partial charge in [0.25, 0.3) is 0 Å². The normalized spacial score (nSPS) is 22.4. The number of hydrogen-bond acceptors (Lipinski definition) is 3. The highest BCUT2D eigenvalue weighted by atomic mass is 16.5. The first-order valence-corrected chi connectivity index (χ1v) is 6.24. The Kier molecular flexibility index (Phi) is 5.77. The number of nitrogens with one attached hydrogen (secondary N) is 2. The molecule has 0 bridgehead atoms. The van der Waals surface area contributed by atoms with E-state index >= 15 is 0 Å². The van der Waals surface area contributed by atoms with E-state index in [-0.39, 0.29) is 11.9 Å². The Morgan fingerprint density at radius 3 is 2.75 bits per heavy atom. The van der Waals surface area contributed by atoms with Crippen molar-refractivity contribution in [3.05, 3.63) is 0 Å². The minimum atomic E-state index is 0.0763. The highest BCUT2D eigenvalue weighted by Crippen LogP contribution is 2.18. The Hall–Kier alpha value is -0.610. The van der Waals surface area contributed by atoms with Crippen molar-refractivity contribution < 1.29 is 9.53 Å². The molecule has 0 aromatic rings. The fourth-order valence-electron chi connectivity index (χ4n) is 2.11.